The number of hydrogen-bond acceptors (Lipinski definition) is 7. The predicted molar refractivity (Wildman–Crippen MR) is 110 cm³/mol. The molecule has 0 aliphatic rings. The van der Waals surface area contributed by atoms with Gasteiger partial charge < -0.3 is 15.1 Å². The number of nitrogens with one attached hydrogen (secondary N) is 2. The van der Waals surface area contributed by atoms with E-state index in [4.69, 9.17) is 21.3 Å². The summed E-state index contributed by atoms with van der Waals surface area (Å²) in [7, 11) is 0. The van der Waals surface area contributed by atoms with E-state index in [2.05, 4.69) is 20.8 Å². The second-order valence-electron chi connectivity index (χ2n) is 5.77. The fourth-order valence-electron chi connectivity index (χ4n) is 2.32. The van der Waals surface area contributed by atoms with Crippen molar-refractivity contribution in [3.05, 3.63) is 53.1 Å². The average molecular weight is 428 g/mol. The molecule has 0 aliphatic heterocycles. The molecule has 146 valence electrons. The number of hydrogen-bond donors (Lipinski definition) is 2. The highest BCUT2D eigenvalue weighted by atomic mass is 35.5. The van der Waals surface area contributed by atoms with Crippen molar-refractivity contribution in [1.82, 2.24) is 10.2 Å². The molecule has 29 heavy (non-hydrogen) atoms. The van der Waals surface area contributed by atoms with Crippen molar-refractivity contribution in [1.29, 1.82) is 5.26 Å². The third-order valence-corrected chi connectivity index (χ3v) is 4.62. The predicted octanol–water partition coefficient (Wildman–Crippen LogP) is 3.95. The minimum atomic E-state index is -0.340. The van der Waals surface area contributed by atoms with Gasteiger partial charge in [-0.15, -0.1) is 10.2 Å². The van der Waals surface area contributed by atoms with Gasteiger partial charge in [-0.3, -0.25) is 9.59 Å². The molecule has 2 amide bonds. The van der Waals surface area contributed by atoms with Crippen LogP contribution in [-0.4, -0.2) is 27.8 Å². The number of aromatic nitrogens is 2. The second-order valence-corrected chi connectivity index (χ2v) is 7.13. The van der Waals surface area contributed by atoms with Gasteiger partial charge in [-0.2, -0.15) is 5.26 Å². The Morgan fingerprint density at radius 3 is 2.62 bits per heavy atom. The van der Waals surface area contributed by atoms with Crippen molar-refractivity contribution in [3.63, 3.8) is 0 Å². The third-order valence-electron chi connectivity index (χ3n) is 3.56. The van der Waals surface area contributed by atoms with Gasteiger partial charge >= 0.3 is 0 Å². The lowest BCUT2D eigenvalue weighted by atomic mass is 10.2. The van der Waals surface area contributed by atoms with E-state index >= 15 is 0 Å². The number of anilines is 2. The first-order valence-electron chi connectivity index (χ1n) is 8.28. The smallest absolute Gasteiger partial charge is 0.277 e. The maximum atomic E-state index is 12.2. The molecule has 0 saturated heterocycles. The highest BCUT2D eigenvalue weighted by molar-refractivity contribution is 7.99. The Kier molecular flexibility index (Phi) is 6.49. The van der Waals surface area contributed by atoms with Gasteiger partial charge in [0.1, 0.15) is 6.07 Å². The fraction of sp³-hybridized carbons (Fsp3) is 0.105. The van der Waals surface area contributed by atoms with E-state index in [1.165, 1.54) is 19.1 Å². The highest BCUT2D eigenvalue weighted by Gasteiger charge is 2.13. The van der Waals surface area contributed by atoms with Crippen molar-refractivity contribution < 1.29 is 14.0 Å². The molecular formula is C19H14ClN5O3S. The quantitative estimate of drug-likeness (QED) is 0.571. The number of amides is 2. The van der Waals surface area contributed by atoms with E-state index in [0.29, 0.717) is 33.4 Å². The molecule has 0 fully saturated rings. The van der Waals surface area contributed by atoms with Gasteiger partial charge in [0.2, 0.25) is 17.7 Å². The summed E-state index contributed by atoms with van der Waals surface area (Å²) in [5.41, 5.74) is 2.00. The maximum absolute atomic E-state index is 12.2. The monoisotopic (exact) mass is 427 g/mol. The number of benzene rings is 2. The van der Waals surface area contributed by atoms with Gasteiger partial charge in [0.25, 0.3) is 5.22 Å². The minimum absolute atomic E-state index is 0.0144. The summed E-state index contributed by atoms with van der Waals surface area (Å²) >= 11 is 6.97. The zero-order chi connectivity index (χ0) is 20.8. The molecule has 2 aromatic carbocycles. The molecule has 1 aromatic heterocycles. The molecule has 3 rings (SSSR count). The largest absolute Gasteiger partial charge is 0.411 e. The van der Waals surface area contributed by atoms with E-state index < -0.39 is 0 Å². The second kappa shape index (κ2) is 9.23. The Balaban J connectivity index is 1.59. The van der Waals surface area contributed by atoms with Gasteiger partial charge in [-0.1, -0.05) is 23.4 Å². The Bertz CT molecular complexity index is 1090. The first kappa shape index (κ1) is 20.4. The van der Waals surface area contributed by atoms with Crippen LogP contribution in [0.25, 0.3) is 11.5 Å². The number of carbonyl (C=O) groups is 2. The molecule has 0 atom stereocenters. The van der Waals surface area contributed by atoms with Gasteiger partial charge in [0, 0.05) is 23.2 Å². The molecule has 0 aliphatic carbocycles. The van der Waals surface area contributed by atoms with Crippen LogP contribution in [-0.2, 0) is 9.59 Å². The van der Waals surface area contributed by atoms with Crippen LogP contribution in [0.4, 0.5) is 11.4 Å². The van der Waals surface area contributed by atoms with E-state index in [-0.39, 0.29) is 22.8 Å². The number of thioether (sulfide) groups is 1. The summed E-state index contributed by atoms with van der Waals surface area (Å²) in [6.45, 7) is 1.43. The molecular weight excluding hydrogens is 414 g/mol. The molecule has 8 nitrogen and oxygen atoms in total. The van der Waals surface area contributed by atoms with Crippen molar-refractivity contribution in [2.24, 2.45) is 0 Å². The van der Waals surface area contributed by atoms with E-state index in [1.807, 2.05) is 6.07 Å². The molecule has 2 N–H and O–H groups in total. The van der Waals surface area contributed by atoms with Crippen LogP contribution in [0.2, 0.25) is 5.02 Å². The summed E-state index contributed by atoms with van der Waals surface area (Å²) in [6, 6.07) is 13.5. The van der Waals surface area contributed by atoms with Crippen molar-refractivity contribution in [2.75, 3.05) is 16.4 Å². The number of rotatable bonds is 6. The third kappa shape index (κ3) is 5.57. The molecule has 0 unspecified atom stereocenters. The zero-order valence-corrected chi connectivity index (χ0v) is 16.7. The van der Waals surface area contributed by atoms with Gasteiger partial charge in [-0.25, -0.2) is 0 Å². The van der Waals surface area contributed by atoms with Crippen LogP contribution in [0, 0.1) is 11.3 Å². The Hall–Kier alpha value is -3.35. The first-order valence-corrected chi connectivity index (χ1v) is 9.65. The highest BCUT2D eigenvalue weighted by Crippen LogP contribution is 2.25. The van der Waals surface area contributed by atoms with Crippen LogP contribution in [0.3, 0.4) is 0 Å². The molecule has 3 aromatic rings. The summed E-state index contributed by atoms with van der Waals surface area (Å²) < 4.78 is 5.56. The lowest BCUT2D eigenvalue weighted by Crippen LogP contribution is -2.15. The lowest BCUT2D eigenvalue weighted by molar-refractivity contribution is -0.114. The van der Waals surface area contributed by atoms with Gasteiger partial charge in [0.05, 0.1) is 17.0 Å². The van der Waals surface area contributed by atoms with Gasteiger partial charge in [-0.05, 0) is 42.5 Å². The average Bonchev–Trinajstić information content (AvgIpc) is 3.16. The number of carbonyl (C=O) groups excluding carboxylic acids is 2. The minimum Gasteiger partial charge on any atom is -0.411 e. The summed E-state index contributed by atoms with van der Waals surface area (Å²) in [6.07, 6.45) is 0. The number of nitrogens with zero attached hydrogens (tertiary/aromatic N) is 3. The van der Waals surface area contributed by atoms with E-state index in [0.717, 1.165) is 11.8 Å². The molecule has 0 radical (unpaired) electrons. The SMILES string of the molecule is CC(=O)Nc1ccc(-c2nnc(SCC(=O)Nc3cc(Cl)ccc3C#N)o2)cc1. The van der Waals surface area contributed by atoms with Crippen LogP contribution in [0.15, 0.2) is 52.1 Å². The van der Waals surface area contributed by atoms with Crippen molar-refractivity contribution in [2.45, 2.75) is 12.1 Å². The summed E-state index contributed by atoms with van der Waals surface area (Å²) in [4.78, 5) is 23.2. The standard InChI is InChI=1S/C19H14ClN5O3S/c1-11(26)22-15-6-3-12(4-7-15)18-24-25-19(28-18)29-10-17(27)23-16-8-14(20)5-2-13(16)9-21/h2-8H,10H2,1H3,(H,22,26)(H,23,27). The van der Waals surface area contributed by atoms with E-state index in [1.54, 1.807) is 30.3 Å². The molecule has 1 heterocycles. The van der Waals surface area contributed by atoms with Crippen LogP contribution >= 0.6 is 23.4 Å². The Labute approximate surface area is 175 Å². The first-order chi connectivity index (χ1) is 13.9. The molecule has 0 spiro atoms. The lowest BCUT2D eigenvalue weighted by Gasteiger charge is -2.06. The van der Waals surface area contributed by atoms with Crippen molar-refractivity contribution >= 4 is 46.6 Å². The summed E-state index contributed by atoms with van der Waals surface area (Å²) in [5, 5.41) is 22.9. The van der Waals surface area contributed by atoms with Crippen LogP contribution in [0.5, 0.6) is 0 Å². The Morgan fingerprint density at radius 1 is 1.17 bits per heavy atom. The van der Waals surface area contributed by atoms with Crippen LogP contribution in [0.1, 0.15) is 12.5 Å². The van der Waals surface area contributed by atoms with Crippen molar-refractivity contribution in [3.8, 4) is 17.5 Å². The summed E-state index contributed by atoms with van der Waals surface area (Å²) in [5.74, 6) is -0.190. The fourth-order valence-corrected chi connectivity index (χ4v) is 3.05. The zero-order valence-electron chi connectivity index (χ0n) is 15.1. The number of nitriles is 1. The van der Waals surface area contributed by atoms with Crippen LogP contribution < -0.4 is 10.6 Å². The van der Waals surface area contributed by atoms with Gasteiger partial charge in [0.15, 0.2) is 0 Å². The maximum Gasteiger partial charge on any atom is 0.277 e. The topological polar surface area (TPSA) is 121 Å². The molecule has 10 heteroatoms. The molecule has 0 bridgehead atoms. The Morgan fingerprint density at radius 2 is 1.93 bits per heavy atom. The normalized spacial score (nSPS) is 10.2. The molecule has 0 saturated carbocycles. The number of halogens is 1. The van der Waals surface area contributed by atoms with E-state index in [9.17, 15) is 9.59 Å².